The molecule has 2 heterocycles. The van der Waals surface area contributed by atoms with Crippen LogP contribution in [0.2, 0.25) is 0 Å². The summed E-state index contributed by atoms with van der Waals surface area (Å²) in [5.74, 6) is -0.587. The third-order valence-electron chi connectivity index (χ3n) is 8.39. The molecule has 0 spiro atoms. The highest BCUT2D eigenvalue weighted by atomic mass is 32.1. The van der Waals surface area contributed by atoms with Crippen LogP contribution in [0.15, 0.2) is 29.8 Å². The number of nitrogens with zero attached hydrogens (tertiary/aromatic N) is 2. The smallest absolute Gasteiger partial charge is 0.246 e. The van der Waals surface area contributed by atoms with Gasteiger partial charge in [0.25, 0.3) is 0 Å². The molecular formula is C34H53N5O4S. The number of nitrogens with one attached hydrogen (secondary N) is 2. The number of hydrogen-bond donors (Lipinski definition) is 3. The molecule has 1 aliphatic heterocycles. The van der Waals surface area contributed by atoms with E-state index in [1.54, 1.807) is 23.3 Å². The molecule has 3 rings (SSSR count). The van der Waals surface area contributed by atoms with Gasteiger partial charge in [-0.15, -0.1) is 11.3 Å². The zero-order chi connectivity index (χ0) is 32.1. The van der Waals surface area contributed by atoms with Crippen molar-refractivity contribution < 1.29 is 19.1 Å². The summed E-state index contributed by atoms with van der Waals surface area (Å²) in [6.45, 7) is 9.24. The Morgan fingerprint density at radius 1 is 1.05 bits per heavy atom. The Morgan fingerprint density at radius 3 is 2.25 bits per heavy atom. The maximum Gasteiger partial charge on any atom is 0.246 e. The van der Waals surface area contributed by atoms with Gasteiger partial charge in [-0.05, 0) is 42.9 Å². The molecule has 1 saturated heterocycles. The van der Waals surface area contributed by atoms with E-state index in [0.29, 0.717) is 25.9 Å². The minimum atomic E-state index is -0.744. The number of benzene rings is 1. The molecule has 3 amide bonds. The van der Waals surface area contributed by atoms with Crippen molar-refractivity contribution in [3.8, 4) is 10.4 Å². The van der Waals surface area contributed by atoms with E-state index in [0.717, 1.165) is 53.9 Å². The van der Waals surface area contributed by atoms with Gasteiger partial charge in [0, 0.05) is 33.0 Å². The SMILES string of the molecule is COC1CC(C(=O)NCc2ccc(-c3scnc3C)cc2)N(C(=O)C(NC(=O)CCCCCCCCCCN)C(C)(C)C)C1. The van der Waals surface area contributed by atoms with E-state index >= 15 is 0 Å². The Morgan fingerprint density at radius 2 is 1.68 bits per heavy atom. The predicted octanol–water partition coefficient (Wildman–Crippen LogP) is 5.35. The van der Waals surface area contributed by atoms with E-state index in [2.05, 4.69) is 15.6 Å². The summed E-state index contributed by atoms with van der Waals surface area (Å²) >= 11 is 1.61. The largest absolute Gasteiger partial charge is 0.380 e. The van der Waals surface area contributed by atoms with Crippen molar-refractivity contribution in [2.75, 3.05) is 20.2 Å². The van der Waals surface area contributed by atoms with Crippen LogP contribution in [0.25, 0.3) is 10.4 Å². The van der Waals surface area contributed by atoms with Gasteiger partial charge in [0.15, 0.2) is 0 Å². The zero-order valence-electron chi connectivity index (χ0n) is 27.3. The van der Waals surface area contributed by atoms with Crippen LogP contribution in [0.3, 0.4) is 0 Å². The molecule has 0 saturated carbocycles. The number of nitrogens with two attached hydrogens (primary N) is 1. The summed E-state index contributed by atoms with van der Waals surface area (Å²) in [7, 11) is 1.60. The van der Waals surface area contributed by atoms with E-state index in [9.17, 15) is 14.4 Å². The molecule has 1 aliphatic rings. The van der Waals surface area contributed by atoms with Crippen molar-refractivity contribution in [2.24, 2.45) is 11.1 Å². The fraction of sp³-hybridized carbons (Fsp3) is 0.647. The van der Waals surface area contributed by atoms with E-state index < -0.39 is 17.5 Å². The minimum Gasteiger partial charge on any atom is -0.380 e. The second kappa shape index (κ2) is 17.6. The van der Waals surface area contributed by atoms with Gasteiger partial charge in [0.1, 0.15) is 12.1 Å². The van der Waals surface area contributed by atoms with Crippen LogP contribution in [0.1, 0.15) is 96.2 Å². The van der Waals surface area contributed by atoms with E-state index in [4.69, 9.17) is 10.5 Å². The number of amides is 3. The van der Waals surface area contributed by atoms with Gasteiger partial charge in [-0.25, -0.2) is 4.98 Å². The summed E-state index contributed by atoms with van der Waals surface area (Å²) in [6, 6.07) is 6.66. The Hall–Kier alpha value is -2.82. The molecule has 1 aromatic carbocycles. The molecule has 1 aromatic heterocycles. The number of likely N-dealkylation sites (tertiary alicyclic amines) is 1. The van der Waals surface area contributed by atoms with E-state index in [1.165, 1.54) is 25.7 Å². The minimum absolute atomic E-state index is 0.123. The van der Waals surface area contributed by atoms with Gasteiger partial charge in [-0.1, -0.05) is 83.6 Å². The number of aryl methyl sites for hydroxylation is 1. The lowest BCUT2D eigenvalue weighted by Crippen LogP contribution is -2.57. The summed E-state index contributed by atoms with van der Waals surface area (Å²) in [6.07, 6.45) is 9.33. The fourth-order valence-corrected chi connectivity index (χ4v) is 6.47. The van der Waals surface area contributed by atoms with Crippen LogP contribution in [0, 0.1) is 12.3 Å². The first kappa shape index (κ1) is 35.7. The van der Waals surface area contributed by atoms with Gasteiger partial charge in [0.2, 0.25) is 17.7 Å². The molecule has 0 aliphatic carbocycles. The maximum atomic E-state index is 13.9. The van der Waals surface area contributed by atoms with Crippen LogP contribution in [-0.2, 0) is 25.7 Å². The normalized spacial score (nSPS) is 17.5. The quantitative estimate of drug-likeness (QED) is 0.203. The molecule has 3 atom stereocenters. The molecule has 4 N–H and O–H groups in total. The Bertz CT molecular complexity index is 1190. The van der Waals surface area contributed by atoms with Gasteiger partial charge in [-0.3, -0.25) is 14.4 Å². The van der Waals surface area contributed by atoms with Crippen LogP contribution < -0.4 is 16.4 Å². The lowest BCUT2D eigenvalue weighted by molar-refractivity contribution is -0.144. The standard InChI is InChI=1S/C34H53N5O4S/c1-24-30(44-23-37-24)26-17-15-25(16-18-26)21-36-32(41)28-20-27(43-5)22-39(28)33(42)31(34(2,3)4)38-29(40)14-12-10-8-6-7-9-11-13-19-35/h15-18,23,27-28,31H,6-14,19-22,35H2,1-5H3,(H,36,41)(H,38,40). The summed E-state index contributed by atoms with van der Waals surface area (Å²) in [5, 5.41) is 6.03. The third-order valence-corrected chi connectivity index (χ3v) is 9.36. The van der Waals surface area contributed by atoms with Crippen LogP contribution in [0.4, 0.5) is 0 Å². The van der Waals surface area contributed by atoms with Crippen molar-refractivity contribution in [2.45, 2.75) is 117 Å². The number of rotatable bonds is 17. The van der Waals surface area contributed by atoms with E-state index in [1.807, 2.05) is 57.5 Å². The van der Waals surface area contributed by atoms with Crippen molar-refractivity contribution >= 4 is 29.1 Å². The Labute approximate surface area is 267 Å². The summed E-state index contributed by atoms with van der Waals surface area (Å²) < 4.78 is 5.58. The number of hydrogen-bond acceptors (Lipinski definition) is 7. The average molecular weight is 628 g/mol. The first-order valence-corrected chi connectivity index (χ1v) is 17.0. The topological polar surface area (TPSA) is 127 Å². The number of methoxy groups -OCH3 is 1. The first-order chi connectivity index (χ1) is 21.0. The second-order valence-corrected chi connectivity index (χ2v) is 13.9. The van der Waals surface area contributed by atoms with Crippen molar-refractivity contribution in [3.63, 3.8) is 0 Å². The molecule has 3 unspecified atom stereocenters. The monoisotopic (exact) mass is 627 g/mol. The van der Waals surface area contributed by atoms with Crippen LogP contribution >= 0.6 is 11.3 Å². The molecule has 0 radical (unpaired) electrons. The number of unbranched alkanes of at least 4 members (excludes halogenated alkanes) is 7. The number of carbonyl (C=O) groups is 3. The first-order valence-electron chi connectivity index (χ1n) is 16.1. The number of thiazole rings is 1. The second-order valence-electron chi connectivity index (χ2n) is 13.0. The van der Waals surface area contributed by atoms with Gasteiger partial charge in [0.05, 0.1) is 22.2 Å². The fourth-order valence-electron chi connectivity index (χ4n) is 5.66. The van der Waals surface area contributed by atoms with Crippen molar-refractivity contribution in [1.29, 1.82) is 0 Å². The van der Waals surface area contributed by atoms with Crippen molar-refractivity contribution in [3.05, 3.63) is 41.0 Å². The highest BCUT2D eigenvalue weighted by Gasteiger charge is 2.44. The highest BCUT2D eigenvalue weighted by molar-refractivity contribution is 7.13. The van der Waals surface area contributed by atoms with Gasteiger partial charge in [-0.2, -0.15) is 0 Å². The molecule has 9 nitrogen and oxygen atoms in total. The summed E-state index contributed by atoms with van der Waals surface area (Å²) in [4.78, 5) is 47.4. The predicted molar refractivity (Wildman–Crippen MR) is 177 cm³/mol. The molecule has 10 heteroatoms. The molecule has 244 valence electrons. The molecule has 0 bridgehead atoms. The van der Waals surface area contributed by atoms with Gasteiger partial charge >= 0.3 is 0 Å². The molecule has 44 heavy (non-hydrogen) atoms. The lowest BCUT2D eigenvalue weighted by atomic mass is 9.85. The number of carbonyl (C=O) groups excluding carboxylic acids is 3. The number of ether oxygens (including phenoxy) is 1. The van der Waals surface area contributed by atoms with Gasteiger partial charge < -0.3 is 26.0 Å². The zero-order valence-corrected chi connectivity index (χ0v) is 28.1. The number of aromatic nitrogens is 1. The van der Waals surface area contributed by atoms with Crippen molar-refractivity contribution in [1.82, 2.24) is 20.5 Å². The summed E-state index contributed by atoms with van der Waals surface area (Å²) in [5.41, 5.74) is 9.93. The Balaban J connectivity index is 1.55. The maximum absolute atomic E-state index is 13.9. The van der Waals surface area contributed by atoms with Crippen LogP contribution in [0.5, 0.6) is 0 Å². The average Bonchev–Trinajstić information content (AvgIpc) is 3.63. The van der Waals surface area contributed by atoms with Crippen LogP contribution in [-0.4, -0.2) is 66.0 Å². The molecule has 2 aromatic rings. The highest BCUT2D eigenvalue weighted by Crippen LogP contribution is 2.29. The van der Waals surface area contributed by atoms with E-state index in [-0.39, 0.29) is 23.8 Å². The third kappa shape index (κ3) is 10.7. The molecular weight excluding hydrogens is 574 g/mol. The molecule has 1 fully saturated rings. The Kier molecular flexibility index (Phi) is 14.3. The lowest BCUT2D eigenvalue weighted by Gasteiger charge is -2.35.